The predicted molar refractivity (Wildman–Crippen MR) is 39.4 cm³/mol. The van der Waals surface area contributed by atoms with Crippen molar-refractivity contribution in [2.24, 2.45) is 5.73 Å². The largest absolute Gasteiger partial charge is 0.481 e. The zero-order valence-corrected chi connectivity index (χ0v) is 6.40. The van der Waals surface area contributed by atoms with Crippen molar-refractivity contribution < 1.29 is 24.6 Å². The number of hydrogen-bond donors (Lipinski definition) is 3. The summed E-state index contributed by atoms with van der Waals surface area (Å²) in [5.41, 5.74) is 4.17. The van der Waals surface area contributed by atoms with Crippen LogP contribution in [0, 0.1) is 0 Å². The van der Waals surface area contributed by atoms with Gasteiger partial charge in [0.1, 0.15) is 0 Å². The highest BCUT2D eigenvalue weighted by Crippen LogP contribution is 1.93. The highest BCUT2D eigenvalue weighted by Gasteiger charge is 1.99. The molecule has 6 heteroatoms. The Morgan fingerprint density at radius 2 is 1.42 bits per heavy atom. The van der Waals surface area contributed by atoms with Gasteiger partial charge in [-0.1, -0.05) is 0 Å². The molecule has 4 N–H and O–H groups in total. The third kappa shape index (κ3) is 23.7. The second kappa shape index (κ2) is 9.41. The van der Waals surface area contributed by atoms with Crippen molar-refractivity contribution in [1.82, 2.24) is 0 Å². The Balaban J connectivity index is 0. The molecule has 0 aromatic carbocycles. The SMILES string of the molecule is NC=O.O=C(O)CCCC(=O)O. The Hall–Kier alpha value is -1.59. The van der Waals surface area contributed by atoms with Crippen molar-refractivity contribution in [3.8, 4) is 0 Å². The fourth-order valence-corrected chi connectivity index (χ4v) is 0.391. The van der Waals surface area contributed by atoms with Crippen LogP contribution in [0.3, 0.4) is 0 Å². The van der Waals surface area contributed by atoms with Gasteiger partial charge in [0.15, 0.2) is 0 Å². The molecule has 0 rings (SSSR count). The molecular weight excluding hydrogens is 166 g/mol. The molecule has 70 valence electrons. The molecule has 0 saturated carbocycles. The second-order valence-electron chi connectivity index (χ2n) is 1.78. The van der Waals surface area contributed by atoms with E-state index in [1.165, 1.54) is 0 Å². The third-order valence-corrected chi connectivity index (χ3v) is 0.781. The fraction of sp³-hybridized carbons (Fsp3) is 0.500. The first-order valence-corrected chi connectivity index (χ1v) is 3.13. The highest BCUT2D eigenvalue weighted by molar-refractivity contribution is 5.69. The minimum Gasteiger partial charge on any atom is -0.481 e. The van der Waals surface area contributed by atoms with Crippen LogP contribution in [0.2, 0.25) is 0 Å². The monoisotopic (exact) mass is 177 g/mol. The van der Waals surface area contributed by atoms with E-state index >= 15 is 0 Å². The lowest BCUT2D eigenvalue weighted by atomic mass is 10.2. The predicted octanol–water partition coefficient (Wildman–Crippen LogP) is -0.573. The first-order valence-electron chi connectivity index (χ1n) is 3.13. The summed E-state index contributed by atoms with van der Waals surface area (Å²) in [7, 11) is 0. The lowest BCUT2D eigenvalue weighted by molar-refractivity contribution is -0.138. The molecule has 0 aromatic rings. The summed E-state index contributed by atoms with van der Waals surface area (Å²) in [5, 5.41) is 16.1. The third-order valence-electron chi connectivity index (χ3n) is 0.781. The Labute approximate surface area is 69.0 Å². The van der Waals surface area contributed by atoms with Crippen LogP contribution in [0.1, 0.15) is 19.3 Å². The van der Waals surface area contributed by atoms with Crippen LogP contribution < -0.4 is 5.73 Å². The lowest BCUT2D eigenvalue weighted by Gasteiger charge is -1.89. The van der Waals surface area contributed by atoms with Crippen LogP contribution in [0.25, 0.3) is 0 Å². The van der Waals surface area contributed by atoms with Crippen molar-refractivity contribution in [2.75, 3.05) is 0 Å². The average Bonchev–Trinajstić information content (AvgIpc) is 1.87. The Bertz CT molecular complexity index is 142. The smallest absolute Gasteiger partial charge is 0.303 e. The van der Waals surface area contributed by atoms with E-state index in [0.29, 0.717) is 0 Å². The van der Waals surface area contributed by atoms with E-state index in [1.807, 2.05) is 0 Å². The minimum atomic E-state index is -0.948. The van der Waals surface area contributed by atoms with Crippen LogP contribution in [0.5, 0.6) is 0 Å². The maximum Gasteiger partial charge on any atom is 0.303 e. The molecule has 0 radical (unpaired) electrons. The Kier molecular flexibility index (Phi) is 10.2. The number of carbonyl (C=O) groups is 3. The first kappa shape index (κ1) is 13.0. The van der Waals surface area contributed by atoms with Gasteiger partial charge in [-0.25, -0.2) is 0 Å². The van der Waals surface area contributed by atoms with Crippen molar-refractivity contribution in [1.29, 1.82) is 0 Å². The summed E-state index contributed by atoms with van der Waals surface area (Å²) >= 11 is 0. The van der Waals surface area contributed by atoms with E-state index in [4.69, 9.17) is 15.0 Å². The van der Waals surface area contributed by atoms with Gasteiger partial charge >= 0.3 is 11.9 Å². The van der Waals surface area contributed by atoms with Crippen molar-refractivity contribution in [2.45, 2.75) is 19.3 Å². The van der Waals surface area contributed by atoms with Gasteiger partial charge in [-0.05, 0) is 6.42 Å². The zero-order valence-electron chi connectivity index (χ0n) is 6.40. The van der Waals surface area contributed by atoms with Gasteiger partial charge in [0.2, 0.25) is 6.41 Å². The summed E-state index contributed by atoms with van der Waals surface area (Å²) in [6.45, 7) is 0. The van der Waals surface area contributed by atoms with Gasteiger partial charge in [-0.2, -0.15) is 0 Å². The van der Waals surface area contributed by atoms with E-state index in [-0.39, 0.29) is 25.7 Å². The number of hydrogen-bond acceptors (Lipinski definition) is 3. The van der Waals surface area contributed by atoms with Gasteiger partial charge in [0.05, 0.1) is 0 Å². The maximum atomic E-state index is 9.79. The first-order chi connectivity index (χ1) is 5.54. The maximum absolute atomic E-state index is 9.79. The lowest BCUT2D eigenvalue weighted by Crippen LogP contribution is -1.98. The number of carboxylic acid groups (broad SMARTS) is 2. The van der Waals surface area contributed by atoms with E-state index in [1.54, 1.807) is 0 Å². The van der Waals surface area contributed by atoms with Gasteiger partial charge in [0.25, 0.3) is 0 Å². The molecule has 12 heavy (non-hydrogen) atoms. The number of carbonyl (C=O) groups excluding carboxylic acids is 1. The van der Waals surface area contributed by atoms with Crippen molar-refractivity contribution >= 4 is 18.3 Å². The summed E-state index contributed by atoms with van der Waals surface area (Å²) in [5.74, 6) is -1.90. The normalized spacial score (nSPS) is 7.67. The standard InChI is InChI=1S/C5H8O4.CH3NO/c6-4(7)2-1-3-5(8)9;2-1-3/h1-3H2,(H,6,7)(H,8,9);1H,(H2,2,3). The number of carboxylic acids is 2. The Morgan fingerprint density at radius 1 is 1.17 bits per heavy atom. The van der Waals surface area contributed by atoms with Crippen LogP contribution in [-0.4, -0.2) is 28.6 Å². The molecule has 0 atom stereocenters. The second-order valence-corrected chi connectivity index (χ2v) is 1.78. The van der Waals surface area contributed by atoms with E-state index in [9.17, 15) is 9.59 Å². The minimum absolute atomic E-state index is 0.0632. The van der Waals surface area contributed by atoms with Crippen LogP contribution in [0.4, 0.5) is 0 Å². The number of aliphatic carboxylic acids is 2. The summed E-state index contributed by atoms with van der Waals surface area (Å²) in [4.78, 5) is 28.2. The molecule has 0 aromatic heterocycles. The molecule has 0 unspecified atom stereocenters. The average molecular weight is 177 g/mol. The fourth-order valence-electron chi connectivity index (χ4n) is 0.391. The molecule has 1 amide bonds. The van der Waals surface area contributed by atoms with Gasteiger partial charge < -0.3 is 15.9 Å². The van der Waals surface area contributed by atoms with Crippen LogP contribution >= 0.6 is 0 Å². The van der Waals surface area contributed by atoms with E-state index in [0.717, 1.165) is 0 Å². The number of rotatable bonds is 4. The molecule has 0 aliphatic rings. The van der Waals surface area contributed by atoms with Crippen LogP contribution in [-0.2, 0) is 14.4 Å². The Morgan fingerprint density at radius 3 is 1.58 bits per heavy atom. The summed E-state index contributed by atoms with van der Waals surface area (Å²) in [6.07, 6.45) is 0.337. The topological polar surface area (TPSA) is 118 Å². The molecule has 0 heterocycles. The summed E-state index contributed by atoms with van der Waals surface area (Å²) < 4.78 is 0. The molecule has 0 spiro atoms. The molecule has 0 aliphatic carbocycles. The molecule has 6 nitrogen and oxygen atoms in total. The number of amides is 1. The quantitative estimate of drug-likeness (QED) is 0.497. The van der Waals surface area contributed by atoms with Crippen molar-refractivity contribution in [3.05, 3.63) is 0 Å². The van der Waals surface area contributed by atoms with Crippen molar-refractivity contribution in [3.63, 3.8) is 0 Å². The van der Waals surface area contributed by atoms with E-state index < -0.39 is 11.9 Å². The molecule has 0 bridgehead atoms. The molecular formula is C6H11NO5. The zero-order chi connectivity index (χ0) is 9.98. The van der Waals surface area contributed by atoms with Gasteiger partial charge in [-0.3, -0.25) is 14.4 Å². The van der Waals surface area contributed by atoms with Gasteiger partial charge in [0, 0.05) is 12.8 Å². The molecule has 0 saturated heterocycles. The number of nitrogens with two attached hydrogens (primary N) is 1. The van der Waals surface area contributed by atoms with Crippen LogP contribution in [0.15, 0.2) is 0 Å². The molecule has 0 aliphatic heterocycles. The van der Waals surface area contributed by atoms with E-state index in [2.05, 4.69) is 5.73 Å². The van der Waals surface area contributed by atoms with Gasteiger partial charge in [-0.15, -0.1) is 0 Å². The summed E-state index contributed by atoms with van der Waals surface area (Å²) in [6, 6.07) is 0. The highest BCUT2D eigenvalue weighted by atomic mass is 16.4. The molecule has 0 fully saturated rings. The number of primary amides is 1.